The van der Waals surface area contributed by atoms with Crippen molar-refractivity contribution in [3.8, 4) is 6.01 Å². The van der Waals surface area contributed by atoms with Crippen molar-refractivity contribution in [2.24, 2.45) is 0 Å². The lowest BCUT2D eigenvalue weighted by Crippen LogP contribution is -2.24. The summed E-state index contributed by atoms with van der Waals surface area (Å²) in [5, 5.41) is 0. The number of aromatic nitrogens is 4. The molecular formula is C10H12N4O2. The molecule has 0 amide bonds. The minimum atomic E-state index is -0.211. The fourth-order valence-corrected chi connectivity index (χ4v) is 1.51. The van der Waals surface area contributed by atoms with Crippen molar-refractivity contribution in [1.82, 2.24) is 19.5 Å². The van der Waals surface area contributed by atoms with Crippen LogP contribution < -0.4 is 10.3 Å². The fraction of sp³-hybridized carbons (Fsp3) is 0.400. The van der Waals surface area contributed by atoms with Crippen molar-refractivity contribution < 1.29 is 4.74 Å². The topological polar surface area (TPSA) is 69.9 Å². The number of hydrogen-bond donors (Lipinski definition) is 0. The van der Waals surface area contributed by atoms with E-state index in [2.05, 4.69) is 15.0 Å². The average Bonchev–Trinajstić information content (AvgIpc) is 2.33. The van der Waals surface area contributed by atoms with Crippen LogP contribution in [0.15, 0.2) is 17.2 Å². The molecule has 6 heteroatoms. The van der Waals surface area contributed by atoms with E-state index in [1.807, 2.05) is 6.92 Å². The van der Waals surface area contributed by atoms with Gasteiger partial charge in [-0.2, -0.15) is 4.98 Å². The van der Waals surface area contributed by atoms with Gasteiger partial charge in [0.25, 0.3) is 5.56 Å². The number of nitrogens with zero attached hydrogens (tertiary/aromatic N) is 4. The number of methoxy groups -OCH3 is 1. The Kier molecular flexibility index (Phi) is 2.80. The van der Waals surface area contributed by atoms with Crippen LogP contribution in [0.3, 0.4) is 0 Å². The van der Waals surface area contributed by atoms with Gasteiger partial charge in [0.05, 0.1) is 7.11 Å². The van der Waals surface area contributed by atoms with E-state index in [0.29, 0.717) is 12.2 Å². The van der Waals surface area contributed by atoms with Gasteiger partial charge >= 0.3 is 6.01 Å². The maximum absolute atomic E-state index is 12.0. The summed E-state index contributed by atoms with van der Waals surface area (Å²) in [7, 11) is 1.48. The quantitative estimate of drug-likeness (QED) is 0.757. The lowest BCUT2D eigenvalue weighted by atomic mass is 10.4. The van der Waals surface area contributed by atoms with Gasteiger partial charge in [-0.3, -0.25) is 9.36 Å². The van der Waals surface area contributed by atoms with Crippen LogP contribution in [0, 0.1) is 0 Å². The van der Waals surface area contributed by atoms with Gasteiger partial charge in [0.1, 0.15) is 0 Å². The lowest BCUT2D eigenvalue weighted by Gasteiger charge is -2.09. The van der Waals surface area contributed by atoms with Crippen LogP contribution in [0.5, 0.6) is 6.01 Å². The van der Waals surface area contributed by atoms with Gasteiger partial charge in [-0.05, 0) is 6.42 Å². The molecule has 0 aliphatic carbocycles. The maximum Gasteiger partial charge on any atom is 0.301 e. The second-order valence-corrected chi connectivity index (χ2v) is 3.28. The molecule has 0 bridgehead atoms. The summed E-state index contributed by atoms with van der Waals surface area (Å²) in [6.07, 6.45) is 3.80. The largest absolute Gasteiger partial charge is 0.468 e. The first kappa shape index (κ1) is 10.5. The van der Waals surface area contributed by atoms with E-state index in [4.69, 9.17) is 4.74 Å². The first-order valence-electron chi connectivity index (χ1n) is 5.03. The third-order valence-electron chi connectivity index (χ3n) is 2.19. The van der Waals surface area contributed by atoms with E-state index in [9.17, 15) is 4.79 Å². The summed E-state index contributed by atoms with van der Waals surface area (Å²) in [5.41, 5.74) is 0.380. The van der Waals surface area contributed by atoms with Crippen LogP contribution in [0.2, 0.25) is 0 Å². The van der Waals surface area contributed by atoms with Crippen LogP contribution in [0.1, 0.15) is 13.3 Å². The Balaban J connectivity index is 2.77. The first-order valence-corrected chi connectivity index (χ1v) is 5.03. The Morgan fingerprint density at radius 1 is 1.38 bits per heavy atom. The van der Waals surface area contributed by atoms with E-state index in [1.165, 1.54) is 24.1 Å². The number of ether oxygens (including phenoxy) is 1. The predicted octanol–water partition coefficient (Wildman–Crippen LogP) is 0.605. The fourth-order valence-electron chi connectivity index (χ4n) is 1.51. The molecule has 2 aromatic rings. The number of rotatable bonds is 3. The van der Waals surface area contributed by atoms with Crippen molar-refractivity contribution in [3.63, 3.8) is 0 Å². The SMILES string of the molecule is CCCn1c(OC)nc2nccnc2c1=O. The van der Waals surface area contributed by atoms with E-state index in [0.717, 1.165) is 6.42 Å². The minimum absolute atomic E-state index is 0.211. The zero-order valence-electron chi connectivity index (χ0n) is 9.17. The standard InChI is InChI=1S/C10H12N4O2/c1-3-6-14-9(15)7-8(12-5-4-11-7)13-10(14)16-2/h4-5H,3,6H2,1-2H3. The molecule has 0 aliphatic heterocycles. The van der Waals surface area contributed by atoms with Crippen molar-refractivity contribution in [2.45, 2.75) is 19.9 Å². The van der Waals surface area contributed by atoms with Crippen LogP contribution in [-0.2, 0) is 6.54 Å². The molecule has 0 spiro atoms. The maximum atomic E-state index is 12.0. The summed E-state index contributed by atoms with van der Waals surface area (Å²) >= 11 is 0. The first-order chi connectivity index (χ1) is 7.77. The normalized spacial score (nSPS) is 10.6. The summed E-state index contributed by atoms with van der Waals surface area (Å²) in [5.74, 6) is 0. The molecule has 2 aromatic heterocycles. The van der Waals surface area contributed by atoms with Crippen LogP contribution in [-0.4, -0.2) is 26.6 Å². The molecule has 2 heterocycles. The summed E-state index contributed by atoms with van der Waals surface area (Å²) in [4.78, 5) is 24.1. The Hall–Kier alpha value is -1.98. The second kappa shape index (κ2) is 4.26. The van der Waals surface area contributed by atoms with Crippen LogP contribution in [0.4, 0.5) is 0 Å². The monoisotopic (exact) mass is 220 g/mol. The van der Waals surface area contributed by atoms with Gasteiger partial charge in [0.15, 0.2) is 11.2 Å². The molecule has 0 aliphatic rings. The molecular weight excluding hydrogens is 208 g/mol. The van der Waals surface area contributed by atoms with Gasteiger partial charge in [0, 0.05) is 18.9 Å². The summed E-state index contributed by atoms with van der Waals surface area (Å²) in [6, 6.07) is 0.278. The molecule has 6 nitrogen and oxygen atoms in total. The Bertz CT molecular complexity index is 564. The van der Waals surface area contributed by atoms with Crippen LogP contribution >= 0.6 is 0 Å². The average molecular weight is 220 g/mol. The smallest absolute Gasteiger partial charge is 0.301 e. The Morgan fingerprint density at radius 2 is 2.12 bits per heavy atom. The van der Waals surface area contributed by atoms with Crippen LogP contribution in [0.25, 0.3) is 11.2 Å². The van der Waals surface area contributed by atoms with Gasteiger partial charge < -0.3 is 4.74 Å². The molecule has 0 atom stereocenters. The Morgan fingerprint density at radius 3 is 2.81 bits per heavy atom. The molecule has 0 fully saturated rings. The number of fused-ring (bicyclic) bond motifs is 1. The molecule has 0 unspecified atom stereocenters. The summed E-state index contributed by atoms with van der Waals surface area (Å²) < 4.78 is 6.54. The second-order valence-electron chi connectivity index (χ2n) is 3.28. The van der Waals surface area contributed by atoms with Gasteiger partial charge in [-0.25, -0.2) is 9.97 Å². The molecule has 0 aromatic carbocycles. The highest BCUT2D eigenvalue weighted by molar-refractivity contribution is 5.67. The molecule has 0 radical (unpaired) electrons. The van der Waals surface area contributed by atoms with Gasteiger partial charge in [0.2, 0.25) is 0 Å². The highest BCUT2D eigenvalue weighted by Gasteiger charge is 2.11. The van der Waals surface area contributed by atoms with Crippen molar-refractivity contribution in [3.05, 3.63) is 22.7 Å². The molecule has 84 valence electrons. The molecule has 0 N–H and O–H groups in total. The van der Waals surface area contributed by atoms with Gasteiger partial charge in [-0.1, -0.05) is 6.92 Å². The third-order valence-corrected chi connectivity index (χ3v) is 2.19. The van der Waals surface area contributed by atoms with Crippen molar-refractivity contribution in [1.29, 1.82) is 0 Å². The highest BCUT2D eigenvalue weighted by Crippen LogP contribution is 2.08. The zero-order valence-corrected chi connectivity index (χ0v) is 9.17. The number of hydrogen-bond acceptors (Lipinski definition) is 5. The van der Waals surface area contributed by atoms with E-state index in [-0.39, 0.29) is 17.1 Å². The molecule has 16 heavy (non-hydrogen) atoms. The third kappa shape index (κ3) is 1.62. The van der Waals surface area contributed by atoms with E-state index < -0.39 is 0 Å². The van der Waals surface area contributed by atoms with E-state index >= 15 is 0 Å². The highest BCUT2D eigenvalue weighted by atomic mass is 16.5. The molecule has 0 saturated heterocycles. The van der Waals surface area contributed by atoms with Crippen molar-refractivity contribution in [2.75, 3.05) is 7.11 Å². The predicted molar refractivity (Wildman–Crippen MR) is 58.4 cm³/mol. The van der Waals surface area contributed by atoms with E-state index in [1.54, 1.807) is 0 Å². The molecule has 2 rings (SSSR count). The van der Waals surface area contributed by atoms with Gasteiger partial charge in [-0.15, -0.1) is 0 Å². The molecule has 0 saturated carbocycles. The zero-order chi connectivity index (χ0) is 11.5. The Labute approximate surface area is 91.9 Å². The lowest BCUT2D eigenvalue weighted by molar-refractivity contribution is 0.347. The minimum Gasteiger partial charge on any atom is -0.468 e. The summed E-state index contributed by atoms with van der Waals surface area (Å²) in [6.45, 7) is 2.54. The van der Waals surface area contributed by atoms with Crippen molar-refractivity contribution >= 4 is 11.2 Å².